The van der Waals surface area contributed by atoms with Gasteiger partial charge in [-0.2, -0.15) is 0 Å². The third-order valence-corrected chi connectivity index (χ3v) is 1.49. The quantitative estimate of drug-likeness (QED) is 0.499. The van der Waals surface area contributed by atoms with E-state index in [1.54, 1.807) is 20.9 Å². The molecule has 0 bridgehead atoms. The zero-order chi connectivity index (χ0) is 8.85. The molecule has 0 aromatic rings. The predicted molar refractivity (Wildman–Crippen MR) is 43.2 cm³/mol. The van der Waals surface area contributed by atoms with Crippen molar-refractivity contribution in [2.75, 3.05) is 13.7 Å². The minimum Gasteiger partial charge on any atom is -0.394 e. The molecule has 0 radical (unpaired) electrons. The van der Waals surface area contributed by atoms with Crippen LogP contribution >= 0.6 is 0 Å². The fraction of sp³-hybridized carbons (Fsp3) is 0.857. The molecule has 11 heavy (non-hydrogen) atoms. The lowest BCUT2D eigenvalue weighted by Gasteiger charge is -2.14. The van der Waals surface area contributed by atoms with Gasteiger partial charge in [-0.15, -0.1) is 0 Å². The normalized spacial score (nSPS) is 15.6. The second-order valence-corrected chi connectivity index (χ2v) is 2.60. The van der Waals surface area contributed by atoms with E-state index < -0.39 is 0 Å². The number of amides is 1. The van der Waals surface area contributed by atoms with Gasteiger partial charge < -0.3 is 15.7 Å². The van der Waals surface area contributed by atoms with E-state index in [1.807, 2.05) is 0 Å². The van der Waals surface area contributed by atoms with Crippen LogP contribution in [0.5, 0.6) is 0 Å². The zero-order valence-electron chi connectivity index (χ0n) is 7.22. The summed E-state index contributed by atoms with van der Waals surface area (Å²) in [6, 6.07) is -0.373. The average Bonchev–Trinajstić information content (AvgIpc) is 2.02. The van der Waals surface area contributed by atoms with E-state index in [0.717, 1.165) is 0 Å². The first-order valence-electron chi connectivity index (χ1n) is 3.70. The van der Waals surface area contributed by atoms with Crippen molar-refractivity contribution >= 4 is 5.91 Å². The molecule has 0 aliphatic rings. The fourth-order valence-electron chi connectivity index (χ4n) is 0.545. The summed E-state index contributed by atoms with van der Waals surface area (Å²) in [6.45, 7) is 3.49. The summed E-state index contributed by atoms with van der Waals surface area (Å²) in [5.74, 6) is -0.0888. The van der Waals surface area contributed by atoms with Gasteiger partial charge in [0.2, 0.25) is 5.91 Å². The van der Waals surface area contributed by atoms with Crippen LogP contribution in [0.1, 0.15) is 13.8 Å². The summed E-state index contributed by atoms with van der Waals surface area (Å²) in [7, 11) is 1.72. The molecule has 66 valence electrons. The van der Waals surface area contributed by atoms with Crippen LogP contribution in [0.15, 0.2) is 0 Å². The third kappa shape index (κ3) is 3.95. The Balaban J connectivity index is 3.68. The van der Waals surface area contributed by atoms with Gasteiger partial charge in [0.05, 0.1) is 12.6 Å². The van der Waals surface area contributed by atoms with Crippen LogP contribution in [0, 0.1) is 0 Å². The lowest BCUT2D eigenvalue weighted by molar-refractivity contribution is -0.123. The van der Waals surface area contributed by atoms with Crippen LogP contribution in [0.2, 0.25) is 0 Å². The molecule has 3 N–H and O–H groups in total. The van der Waals surface area contributed by atoms with Gasteiger partial charge >= 0.3 is 0 Å². The number of rotatable bonds is 4. The van der Waals surface area contributed by atoms with Gasteiger partial charge in [0.1, 0.15) is 0 Å². The van der Waals surface area contributed by atoms with Crippen molar-refractivity contribution in [1.82, 2.24) is 10.6 Å². The van der Waals surface area contributed by atoms with Crippen molar-refractivity contribution in [2.45, 2.75) is 25.9 Å². The number of carbonyl (C=O) groups excluding carboxylic acids is 1. The molecule has 0 aliphatic heterocycles. The van der Waals surface area contributed by atoms with Crippen LogP contribution < -0.4 is 10.6 Å². The van der Waals surface area contributed by atoms with Gasteiger partial charge in [0, 0.05) is 6.04 Å². The molecule has 0 aromatic carbocycles. The summed E-state index contributed by atoms with van der Waals surface area (Å²) in [5, 5.41) is 14.0. The van der Waals surface area contributed by atoms with E-state index in [2.05, 4.69) is 10.6 Å². The number of aliphatic hydroxyl groups excluding tert-OH is 1. The van der Waals surface area contributed by atoms with Gasteiger partial charge in [0.25, 0.3) is 0 Å². The predicted octanol–water partition coefficient (Wildman–Crippen LogP) is -0.909. The topological polar surface area (TPSA) is 61.4 Å². The molecular weight excluding hydrogens is 144 g/mol. The van der Waals surface area contributed by atoms with Crippen molar-refractivity contribution in [1.29, 1.82) is 0 Å². The Bertz CT molecular complexity index is 128. The van der Waals surface area contributed by atoms with Crippen LogP contribution in [0.3, 0.4) is 0 Å². The van der Waals surface area contributed by atoms with E-state index >= 15 is 0 Å². The highest BCUT2D eigenvalue weighted by molar-refractivity contribution is 5.81. The van der Waals surface area contributed by atoms with Gasteiger partial charge in [-0.25, -0.2) is 0 Å². The largest absolute Gasteiger partial charge is 0.394 e. The SMILES string of the molecule is CNC(C)C(=O)NC(C)CO. The fourth-order valence-corrected chi connectivity index (χ4v) is 0.545. The van der Waals surface area contributed by atoms with E-state index in [9.17, 15) is 4.79 Å². The Labute approximate surface area is 67.0 Å². The first-order chi connectivity index (χ1) is 5.11. The highest BCUT2D eigenvalue weighted by Crippen LogP contribution is 1.83. The summed E-state index contributed by atoms with van der Waals surface area (Å²) in [6.07, 6.45) is 0. The number of hydrogen-bond donors (Lipinski definition) is 3. The van der Waals surface area contributed by atoms with E-state index in [0.29, 0.717) is 0 Å². The van der Waals surface area contributed by atoms with Crippen LogP contribution in [-0.2, 0) is 4.79 Å². The van der Waals surface area contributed by atoms with Crippen molar-refractivity contribution in [3.8, 4) is 0 Å². The molecule has 0 saturated carbocycles. The van der Waals surface area contributed by atoms with Crippen molar-refractivity contribution in [3.05, 3.63) is 0 Å². The summed E-state index contributed by atoms with van der Waals surface area (Å²) < 4.78 is 0. The average molecular weight is 160 g/mol. The second kappa shape index (κ2) is 5.09. The maximum absolute atomic E-state index is 11.1. The van der Waals surface area contributed by atoms with Crippen LogP contribution in [0.4, 0.5) is 0 Å². The summed E-state index contributed by atoms with van der Waals surface area (Å²) >= 11 is 0. The lowest BCUT2D eigenvalue weighted by atomic mass is 10.3. The number of carbonyl (C=O) groups is 1. The molecule has 0 fully saturated rings. The van der Waals surface area contributed by atoms with Gasteiger partial charge in [-0.05, 0) is 20.9 Å². The Kier molecular flexibility index (Phi) is 4.81. The Morgan fingerprint density at radius 1 is 1.55 bits per heavy atom. The van der Waals surface area contributed by atoms with Crippen molar-refractivity contribution in [2.24, 2.45) is 0 Å². The molecule has 0 spiro atoms. The van der Waals surface area contributed by atoms with Gasteiger partial charge in [-0.3, -0.25) is 4.79 Å². The summed E-state index contributed by atoms with van der Waals surface area (Å²) in [5.41, 5.74) is 0. The molecule has 0 aromatic heterocycles. The molecule has 0 saturated heterocycles. The molecular formula is C7H16N2O2. The number of aliphatic hydroxyl groups is 1. The van der Waals surface area contributed by atoms with Gasteiger partial charge in [0.15, 0.2) is 0 Å². The molecule has 4 nitrogen and oxygen atoms in total. The summed E-state index contributed by atoms with van der Waals surface area (Å²) in [4.78, 5) is 11.1. The monoisotopic (exact) mass is 160 g/mol. The number of likely N-dealkylation sites (N-methyl/N-ethyl adjacent to an activating group) is 1. The molecule has 0 heterocycles. The number of nitrogens with one attached hydrogen (secondary N) is 2. The molecule has 2 unspecified atom stereocenters. The number of hydrogen-bond acceptors (Lipinski definition) is 3. The second-order valence-electron chi connectivity index (χ2n) is 2.60. The Hall–Kier alpha value is -0.610. The first kappa shape index (κ1) is 10.4. The minimum atomic E-state index is -0.205. The molecule has 1 amide bonds. The van der Waals surface area contributed by atoms with E-state index in [-0.39, 0.29) is 24.6 Å². The highest BCUT2D eigenvalue weighted by atomic mass is 16.3. The maximum atomic E-state index is 11.1. The van der Waals surface area contributed by atoms with E-state index in [1.165, 1.54) is 0 Å². The highest BCUT2D eigenvalue weighted by Gasteiger charge is 2.11. The minimum absolute atomic E-state index is 0.0256. The zero-order valence-corrected chi connectivity index (χ0v) is 7.22. The van der Waals surface area contributed by atoms with Crippen molar-refractivity contribution in [3.63, 3.8) is 0 Å². The molecule has 2 atom stereocenters. The molecule has 4 heteroatoms. The van der Waals surface area contributed by atoms with Crippen LogP contribution in [-0.4, -0.2) is 36.8 Å². The molecule has 0 rings (SSSR count). The Morgan fingerprint density at radius 3 is 2.45 bits per heavy atom. The smallest absolute Gasteiger partial charge is 0.237 e. The van der Waals surface area contributed by atoms with E-state index in [4.69, 9.17) is 5.11 Å². The lowest BCUT2D eigenvalue weighted by Crippen LogP contribution is -2.45. The van der Waals surface area contributed by atoms with Gasteiger partial charge in [-0.1, -0.05) is 0 Å². The van der Waals surface area contributed by atoms with Crippen LogP contribution in [0.25, 0.3) is 0 Å². The standard InChI is InChI=1S/C7H16N2O2/c1-5(4-10)9-7(11)6(2)8-3/h5-6,8,10H,4H2,1-3H3,(H,9,11). The first-order valence-corrected chi connectivity index (χ1v) is 3.70. The van der Waals surface area contributed by atoms with Crippen molar-refractivity contribution < 1.29 is 9.90 Å². The molecule has 0 aliphatic carbocycles. The third-order valence-electron chi connectivity index (χ3n) is 1.49. The Morgan fingerprint density at radius 2 is 2.09 bits per heavy atom. The maximum Gasteiger partial charge on any atom is 0.237 e.